The molecule has 1 radical (unpaired) electrons. The predicted molar refractivity (Wildman–Crippen MR) is 36.8 cm³/mol. The SMILES string of the molecule is CCOC(=O)[C@H]1CCC(=O)[N]1. The van der Waals surface area contributed by atoms with E-state index in [4.69, 9.17) is 0 Å². The molecule has 0 aromatic heterocycles. The van der Waals surface area contributed by atoms with Crippen molar-refractivity contribution in [2.75, 3.05) is 6.61 Å². The van der Waals surface area contributed by atoms with Gasteiger partial charge in [-0.15, -0.1) is 0 Å². The van der Waals surface area contributed by atoms with E-state index < -0.39 is 6.04 Å². The largest absolute Gasteiger partial charge is 0.464 e. The first-order chi connectivity index (χ1) is 5.24. The van der Waals surface area contributed by atoms with E-state index in [1.165, 1.54) is 0 Å². The Hall–Kier alpha value is -1.06. The van der Waals surface area contributed by atoms with Crippen LogP contribution < -0.4 is 5.32 Å². The van der Waals surface area contributed by atoms with Crippen molar-refractivity contribution in [2.45, 2.75) is 25.8 Å². The van der Waals surface area contributed by atoms with Gasteiger partial charge in [0.15, 0.2) is 6.04 Å². The highest BCUT2D eigenvalue weighted by molar-refractivity contribution is 5.87. The molecule has 0 aromatic rings. The van der Waals surface area contributed by atoms with Crippen molar-refractivity contribution in [3.63, 3.8) is 0 Å². The van der Waals surface area contributed by atoms with E-state index in [0.29, 0.717) is 19.4 Å². The summed E-state index contributed by atoms with van der Waals surface area (Å²) in [6, 6.07) is -0.526. The molecule has 0 saturated carbocycles. The Balaban J connectivity index is 2.37. The average Bonchev–Trinajstić information content (AvgIpc) is 2.36. The molecule has 1 aliphatic heterocycles. The zero-order valence-electron chi connectivity index (χ0n) is 6.37. The molecule has 1 aliphatic rings. The van der Waals surface area contributed by atoms with Gasteiger partial charge in [0.1, 0.15) is 0 Å². The first-order valence-corrected chi connectivity index (χ1v) is 3.64. The van der Waals surface area contributed by atoms with Crippen LogP contribution in [0, 0.1) is 0 Å². The lowest BCUT2D eigenvalue weighted by molar-refractivity contribution is -0.146. The standard InChI is InChI=1S/C7H10NO3/c1-2-11-7(10)5-3-4-6(9)8-5/h5H,2-4H2,1H3/t5-/m1/s1. The second-order valence-corrected chi connectivity index (χ2v) is 2.33. The number of carbonyl (C=O) groups is 2. The van der Waals surface area contributed by atoms with Gasteiger partial charge in [0, 0.05) is 6.42 Å². The summed E-state index contributed by atoms with van der Waals surface area (Å²) in [6.07, 6.45) is 0.890. The fourth-order valence-corrected chi connectivity index (χ4v) is 0.972. The number of rotatable bonds is 2. The van der Waals surface area contributed by atoms with E-state index in [1.807, 2.05) is 0 Å². The third-order valence-electron chi connectivity index (χ3n) is 1.49. The minimum atomic E-state index is -0.526. The Morgan fingerprint density at radius 2 is 2.55 bits per heavy atom. The molecule has 0 aromatic carbocycles. The lowest BCUT2D eigenvalue weighted by Crippen LogP contribution is -2.29. The zero-order chi connectivity index (χ0) is 8.27. The molecule has 1 amide bonds. The maximum atomic E-state index is 10.9. The van der Waals surface area contributed by atoms with Crippen molar-refractivity contribution in [1.82, 2.24) is 5.32 Å². The van der Waals surface area contributed by atoms with E-state index >= 15 is 0 Å². The van der Waals surface area contributed by atoms with Crippen LogP contribution in [0.25, 0.3) is 0 Å². The number of hydrogen-bond acceptors (Lipinski definition) is 3. The van der Waals surface area contributed by atoms with Crippen LogP contribution in [-0.2, 0) is 14.3 Å². The lowest BCUT2D eigenvalue weighted by atomic mass is 10.2. The molecule has 4 nitrogen and oxygen atoms in total. The molecule has 4 heteroatoms. The van der Waals surface area contributed by atoms with Crippen LogP contribution >= 0.6 is 0 Å². The van der Waals surface area contributed by atoms with Crippen molar-refractivity contribution < 1.29 is 14.3 Å². The van der Waals surface area contributed by atoms with E-state index in [9.17, 15) is 9.59 Å². The summed E-state index contributed by atoms with van der Waals surface area (Å²) in [4.78, 5) is 21.5. The molecule has 0 spiro atoms. The molecule has 0 aliphatic carbocycles. The molecule has 61 valence electrons. The van der Waals surface area contributed by atoms with Crippen LogP contribution in [0.2, 0.25) is 0 Å². The molecular weight excluding hydrogens is 146 g/mol. The predicted octanol–water partition coefficient (Wildman–Crippen LogP) is -0.157. The fourth-order valence-electron chi connectivity index (χ4n) is 0.972. The van der Waals surface area contributed by atoms with Crippen molar-refractivity contribution >= 4 is 11.9 Å². The highest BCUT2D eigenvalue weighted by Gasteiger charge is 2.30. The number of hydrogen-bond donors (Lipinski definition) is 0. The van der Waals surface area contributed by atoms with Crippen LogP contribution in [0.4, 0.5) is 0 Å². The second-order valence-electron chi connectivity index (χ2n) is 2.33. The molecule has 1 fully saturated rings. The highest BCUT2D eigenvalue weighted by Crippen LogP contribution is 2.09. The summed E-state index contributed by atoms with van der Waals surface area (Å²) in [5.74, 6) is -0.568. The normalized spacial score (nSPS) is 23.0. The number of amides is 1. The highest BCUT2D eigenvalue weighted by atomic mass is 16.5. The molecule has 1 rings (SSSR count). The zero-order valence-corrected chi connectivity index (χ0v) is 6.37. The molecule has 11 heavy (non-hydrogen) atoms. The number of carbonyl (C=O) groups excluding carboxylic acids is 2. The first-order valence-electron chi connectivity index (χ1n) is 3.64. The average molecular weight is 156 g/mol. The van der Waals surface area contributed by atoms with Gasteiger partial charge in [0.25, 0.3) is 0 Å². The van der Waals surface area contributed by atoms with Crippen LogP contribution in [0.5, 0.6) is 0 Å². The van der Waals surface area contributed by atoms with E-state index in [-0.39, 0.29) is 11.9 Å². The van der Waals surface area contributed by atoms with Gasteiger partial charge in [0.05, 0.1) is 6.61 Å². The molecule has 0 unspecified atom stereocenters. The Morgan fingerprint density at radius 1 is 1.82 bits per heavy atom. The van der Waals surface area contributed by atoms with Gasteiger partial charge in [-0.1, -0.05) is 0 Å². The fraction of sp³-hybridized carbons (Fsp3) is 0.714. The van der Waals surface area contributed by atoms with Crippen molar-refractivity contribution in [2.24, 2.45) is 0 Å². The van der Waals surface area contributed by atoms with Crippen LogP contribution in [0.1, 0.15) is 19.8 Å². The van der Waals surface area contributed by atoms with Gasteiger partial charge in [-0.05, 0) is 13.3 Å². The third-order valence-corrected chi connectivity index (χ3v) is 1.49. The minimum absolute atomic E-state index is 0.192. The van der Waals surface area contributed by atoms with Crippen LogP contribution in [0.15, 0.2) is 0 Å². The van der Waals surface area contributed by atoms with Gasteiger partial charge >= 0.3 is 5.97 Å². The van der Waals surface area contributed by atoms with Crippen LogP contribution in [0.3, 0.4) is 0 Å². The minimum Gasteiger partial charge on any atom is -0.464 e. The van der Waals surface area contributed by atoms with E-state index in [1.54, 1.807) is 6.92 Å². The van der Waals surface area contributed by atoms with Crippen molar-refractivity contribution in [3.05, 3.63) is 0 Å². The summed E-state index contributed by atoms with van der Waals surface area (Å²) in [5, 5.41) is 3.59. The van der Waals surface area contributed by atoms with Gasteiger partial charge in [-0.2, -0.15) is 0 Å². The Kier molecular flexibility index (Phi) is 2.46. The summed E-state index contributed by atoms with van der Waals surface area (Å²) >= 11 is 0. The van der Waals surface area contributed by atoms with Gasteiger partial charge in [-0.3, -0.25) is 4.79 Å². The lowest BCUT2D eigenvalue weighted by Gasteiger charge is -2.05. The Labute approximate surface area is 64.9 Å². The van der Waals surface area contributed by atoms with Crippen molar-refractivity contribution in [1.29, 1.82) is 0 Å². The quantitative estimate of drug-likeness (QED) is 0.522. The maximum absolute atomic E-state index is 10.9. The van der Waals surface area contributed by atoms with Gasteiger partial charge < -0.3 is 4.74 Å². The number of nitrogens with zero attached hydrogens (tertiary/aromatic N) is 1. The van der Waals surface area contributed by atoms with E-state index in [2.05, 4.69) is 10.1 Å². The first kappa shape index (κ1) is 8.04. The smallest absolute Gasteiger partial charge is 0.330 e. The van der Waals surface area contributed by atoms with Gasteiger partial charge in [-0.25, -0.2) is 10.1 Å². The molecule has 1 saturated heterocycles. The summed E-state index contributed by atoms with van der Waals surface area (Å²) in [7, 11) is 0. The molecule has 0 N–H and O–H groups in total. The van der Waals surface area contributed by atoms with Gasteiger partial charge in [0.2, 0.25) is 5.91 Å². The monoisotopic (exact) mass is 156 g/mol. The van der Waals surface area contributed by atoms with Crippen molar-refractivity contribution in [3.8, 4) is 0 Å². The van der Waals surface area contributed by atoms with Crippen LogP contribution in [-0.4, -0.2) is 24.5 Å². The molecular formula is C7H10NO3. The summed E-state index contributed by atoms with van der Waals surface area (Å²) < 4.78 is 4.69. The second kappa shape index (κ2) is 3.37. The molecule has 1 heterocycles. The maximum Gasteiger partial charge on any atom is 0.330 e. The molecule has 1 atom stereocenters. The topological polar surface area (TPSA) is 57.5 Å². The Bertz CT molecular complexity index is 179. The molecule has 0 bridgehead atoms. The number of ether oxygens (including phenoxy) is 1. The summed E-state index contributed by atoms with van der Waals surface area (Å²) in [6.45, 7) is 2.08. The third kappa shape index (κ3) is 1.93. The number of esters is 1. The Morgan fingerprint density at radius 3 is 3.00 bits per heavy atom. The summed E-state index contributed by atoms with van der Waals surface area (Å²) in [5.41, 5.74) is 0. The van der Waals surface area contributed by atoms with E-state index in [0.717, 1.165) is 0 Å².